The van der Waals surface area contributed by atoms with Crippen LogP contribution in [0.3, 0.4) is 0 Å². The van der Waals surface area contributed by atoms with Gasteiger partial charge in [-0.3, -0.25) is 0 Å². The molecule has 0 amide bonds. The zero-order valence-corrected chi connectivity index (χ0v) is 16.9. The summed E-state index contributed by atoms with van der Waals surface area (Å²) in [5.41, 5.74) is 2.71. The van der Waals surface area contributed by atoms with Crippen LogP contribution in [-0.2, 0) is 21.2 Å². The third-order valence-corrected chi connectivity index (χ3v) is 5.63. The van der Waals surface area contributed by atoms with Gasteiger partial charge in [0.05, 0.1) is 17.0 Å². The molecule has 1 aromatic carbocycles. The van der Waals surface area contributed by atoms with E-state index in [9.17, 15) is 13.2 Å². The van der Waals surface area contributed by atoms with Crippen molar-refractivity contribution in [3.05, 3.63) is 70.7 Å². The van der Waals surface area contributed by atoms with Gasteiger partial charge in [-0.15, -0.1) is 0 Å². The van der Waals surface area contributed by atoms with Crippen LogP contribution in [0.4, 0.5) is 0 Å². The van der Waals surface area contributed by atoms with E-state index in [-0.39, 0.29) is 11.8 Å². The van der Waals surface area contributed by atoms with Gasteiger partial charge in [-0.2, -0.15) is 11.3 Å². The number of nitrogens with zero attached hydrogens (tertiary/aromatic N) is 3. The highest BCUT2D eigenvalue weighted by molar-refractivity contribution is 7.90. The highest BCUT2D eigenvalue weighted by Gasteiger charge is 2.17. The lowest BCUT2D eigenvalue weighted by Crippen LogP contribution is -2.08. The highest BCUT2D eigenvalue weighted by atomic mass is 32.2. The van der Waals surface area contributed by atoms with Crippen LogP contribution in [0.25, 0.3) is 22.2 Å². The number of sulfone groups is 1. The van der Waals surface area contributed by atoms with Crippen molar-refractivity contribution in [3.8, 4) is 11.3 Å². The summed E-state index contributed by atoms with van der Waals surface area (Å²) in [5.74, 6) is -0.451. The molecule has 0 saturated carbocycles. The largest absolute Gasteiger partial charge is 0.456 e. The van der Waals surface area contributed by atoms with Crippen LogP contribution in [0.5, 0.6) is 0 Å². The Bertz CT molecular complexity index is 1290. The van der Waals surface area contributed by atoms with Crippen LogP contribution >= 0.6 is 11.3 Å². The molecule has 0 saturated heterocycles. The maximum absolute atomic E-state index is 12.2. The van der Waals surface area contributed by atoms with E-state index in [0.29, 0.717) is 27.9 Å². The smallest absolute Gasteiger partial charge is 0.338 e. The van der Waals surface area contributed by atoms with Gasteiger partial charge in [-0.1, -0.05) is 18.2 Å². The Morgan fingerprint density at radius 3 is 2.62 bits per heavy atom. The molecular formula is C20H15N3O4S2. The summed E-state index contributed by atoms with van der Waals surface area (Å²) in [6, 6.07) is 12.2. The van der Waals surface area contributed by atoms with Crippen LogP contribution in [0, 0.1) is 0 Å². The Hall–Kier alpha value is -3.17. The number of thiophene rings is 1. The zero-order valence-electron chi connectivity index (χ0n) is 15.3. The molecule has 9 heteroatoms. The van der Waals surface area contributed by atoms with Crippen molar-refractivity contribution in [2.24, 2.45) is 0 Å². The van der Waals surface area contributed by atoms with Crippen LogP contribution < -0.4 is 0 Å². The molecule has 146 valence electrons. The van der Waals surface area contributed by atoms with Crippen molar-refractivity contribution in [1.82, 2.24) is 15.0 Å². The van der Waals surface area contributed by atoms with Gasteiger partial charge in [0.2, 0.25) is 15.0 Å². The maximum Gasteiger partial charge on any atom is 0.338 e. The molecule has 4 aromatic rings. The topological polar surface area (TPSA) is 99.1 Å². The third-order valence-electron chi connectivity index (χ3n) is 4.08. The summed E-state index contributed by atoms with van der Waals surface area (Å²) in [6.07, 6.45) is 2.50. The number of esters is 1. The number of rotatable bonds is 5. The summed E-state index contributed by atoms with van der Waals surface area (Å²) < 4.78 is 29.1. The van der Waals surface area contributed by atoms with Gasteiger partial charge in [0.1, 0.15) is 12.1 Å². The molecule has 29 heavy (non-hydrogen) atoms. The molecule has 0 aliphatic heterocycles. The Kier molecular flexibility index (Phi) is 5.08. The summed E-state index contributed by atoms with van der Waals surface area (Å²) in [5, 5.41) is 4.14. The molecular weight excluding hydrogens is 410 g/mol. The standard InChI is InChI=1S/C20H15N3O4S2/c1-29(25,26)20-21-10-15-9-16(11-27-19(24)13-5-3-2-4-6-13)22-17(18(15)23-20)14-7-8-28-12-14/h2-10,12H,11H2,1H3. The van der Waals surface area contributed by atoms with Gasteiger partial charge in [-0.05, 0) is 29.6 Å². The number of carbonyl (C=O) groups excluding carboxylic acids is 1. The normalized spacial score (nSPS) is 11.5. The van der Waals surface area contributed by atoms with Gasteiger partial charge in [0.25, 0.3) is 0 Å². The number of carbonyl (C=O) groups is 1. The molecule has 0 aliphatic carbocycles. The second-order valence-electron chi connectivity index (χ2n) is 6.28. The van der Waals surface area contributed by atoms with E-state index < -0.39 is 15.8 Å². The number of hydrogen-bond donors (Lipinski definition) is 0. The molecule has 3 aromatic heterocycles. The lowest BCUT2D eigenvalue weighted by molar-refractivity contribution is 0.0468. The molecule has 4 rings (SSSR count). The van der Waals surface area contributed by atoms with Crippen molar-refractivity contribution >= 4 is 38.0 Å². The summed E-state index contributed by atoms with van der Waals surface area (Å²) in [7, 11) is -3.56. The fourth-order valence-corrected chi connectivity index (χ4v) is 3.87. The van der Waals surface area contributed by atoms with Crippen LogP contribution in [0.15, 0.2) is 64.6 Å². The monoisotopic (exact) mass is 425 g/mol. The van der Waals surface area contributed by atoms with E-state index in [1.807, 2.05) is 22.9 Å². The van der Waals surface area contributed by atoms with Gasteiger partial charge in [-0.25, -0.2) is 28.2 Å². The van der Waals surface area contributed by atoms with Crippen LogP contribution in [-0.4, -0.2) is 35.6 Å². The van der Waals surface area contributed by atoms with Gasteiger partial charge >= 0.3 is 5.97 Å². The first-order chi connectivity index (χ1) is 13.9. The number of benzene rings is 1. The summed E-state index contributed by atoms with van der Waals surface area (Å²) in [4.78, 5) is 25.0. The predicted octanol–water partition coefficient (Wildman–Crippen LogP) is 3.51. The minimum absolute atomic E-state index is 0.0331. The van der Waals surface area contributed by atoms with Crippen molar-refractivity contribution in [2.75, 3.05) is 6.26 Å². The highest BCUT2D eigenvalue weighted by Crippen LogP contribution is 2.28. The van der Waals surface area contributed by atoms with Gasteiger partial charge in [0.15, 0.2) is 0 Å². The Balaban J connectivity index is 1.73. The first-order valence-corrected chi connectivity index (χ1v) is 11.4. The molecule has 3 heterocycles. The van der Waals surface area contributed by atoms with E-state index >= 15 is 0 Å². The minimum atomic E-state index is -3.56. The summed E-state index contributed by atoms with van der Waals surface area (Å²) in [6.45, 7) is -0.0331. The number of fused-ring (bicyclic) bond motifs is 1. The number of hydrogen-bond acceptors (Lipinski definition) is 8. The molecule has 0 N–H and O–H groups in total. The molecule has 0 atom stereocenters. The van der Waals surface area contributed by atoms with E-state index in [1.165, 1.54) is 17.5 Å². The molecule has 0 radical (unpaired) electrons. The Labute approximate surface area is 171 Å². The first kappa shape index (κ1) is 19.2. The predicted molar refractivity (Wildman–Crippen MR) is 109 cm³/mol. The van der Waals surface area contributed by atoms with E-state index in [0.717, 1.165) is 11.8 Å². The number of pyridine rings is 1. The lowest BCUT2D eigenvalue weighted by atomic mass is 10.1. The van der Waals surface area contributed by atoms with Crippen LogP contribution in [0.2, 0.25) is 0 Å². The lowest BCUT2D eigenvalue weighted by Gasteiger charge is -2.09. The molecule has 0 spiro atoms. The molecule has 0 bridgehead atoms. The fourth-order valence-electron chi connectivity index (χ4n) is 2.73. The minimum Gasteiger partial charge on any atom is -0.456 e. The van der Waals surface area contributed by atoms with Crippen molar-refractivity contribution in [1.29, 1.82) is 0 Å². The van der Waals surface area contributed by atoms with Gasteiger partial charge < -0.3 is 4.74 Å². The average Bonchev–Trinajstić information content (AvgIpc) is 3.25. The van der Waals surface area contributed by atoms with E-state index in [2.05, 4.69) is 15.0 Å². The SMILES string of the molecule is CS(=O)(=O)c1ncc2cc(COC(=O)c3ccccc3)nc(-c3ccsc3)c2n1. The fraction of sp³-hybridized carbons (Fsp3) is 0.100. The first-order valence-electron chi connectivity index (χ1n) is 8.53. The van der Waals surface area contributed by atoms with E-state index in [4.69, 9.17) is 4.74 Å². The van der Waals surface area contributed by atoms with E-state index in [1.54, 1.807) is 30.3 Å². The number of aromatic nitrogens is 3. The van der Waals surface area contributed by atoms with Gasteiger partial charge in [0, 0.05) is 28.8 Å². The Morgan fingerprint density at radius 2 is 1.93 bits per heavy atom. The molecule has 7 nitrogen and oxygen atoms in total. The zero-order chi connectivity index (χ0) is 20.4. The Morgan fingerprint density at radius 1 is 1.14 bits per heavy atom. The van der Waals surface area contributed by atoms with Crippen molar-refractivity contribution in [2.45, 2.75) is 11.8 Å². The van der Waals surface area contributed by atoms with Crippen molar-refractivity contribution in [3.63, 3.8) is 0 Å². The third kappa shape index (κ3) is 4.15. The average molecular weight is 425 g/mol. The van der Waals surface area contributed by atoms with Crippen LogP contribution in [0.1, 0.15) is 16.1 Å². The number of ether oxygens (including phenoxy) is 1. The quantitative estimate of drug-likeness (QED) is 0.356. The molecule has 0 fully saturated rings. The summed E-state index contributed by atoms with van der Waals surface area (Å²) >= 11 is 1.49. The second kappa shape index (κ2) is 7.69. The maximum atomic E-state index is 12.2. The molecule has 0 unspecified atom stereocenters. The molecule has 0 aliphatic rings. The second-order valence-corrected chi connectivity index (χ2v) is 8.97. The van der Waals surface area contributed by atoms with Crippen molar-refractivity contribution < 1.29 is 17.9 Å².